The van der Waals surface area contributed by atoms with Crippen molar-refractivity contribution in [3.63, 3.8) is 0 Å². The summed E-state index contributed by atoms with van der Waals surface area (Å²) >= 11 is 0. The standard InChI is InChI=1S/C32H37BN2O4/c1-32(2)21-38-33(39-22-32)31(27-6-5-7-27)30(25-11-9-23(20-36)10-12-25)26-15-13-24(14-16-26)28-18-34-35(19-28)29-8-3-4-17-37-29/h9-16,18-20,27,29H,3-8,17,21-22H2,1-2H3/b31-30+. The van der Waals surface area contributed by atoms with Crippen molar-refractivity contribution in [2.75, 3.05) is 19.8 Å². The minimum atomic E-state index is -0.363. The van der Waals surface area contributed by atoms with Crippen LogP contribution in [0.5, 0.6) is 0 Å². The fourth-order valence-corrected chi connectivity index (χ4v) is 5.74. The molecule has 3 heterocycles. The van der Waals surface area contributed by atoms with E-state index in [1.807, 2.05) is 35.1 Å². The van der Waals surface area contributed by atoms with Gasteiger partial charge in [-0.25, -0.2) is 4.68 Å². The first-order valence-corrected chi connectivity index (χ1v) is 14.3. The lowest BCUT2D eigenvalue weighted by Gasteiger charge is -2.39. The molecule has 3 aliphatic rings. The van der Waals surface area contributed by atoms with Gasteiger partial charge in [-0.15, -0.1) is 0 Å². The molecule has 6 nitrogen and oxygen atoms in total. The maximum Gasteiger partial charge on any atom is 0.490 e. The molecule has 1 saturated carbocycles. The summed E-state index contributed by atoms with van der Waals surface area (Å²) in [5.41, 5.74) is 7.45. The van der Waals surface area contributed by atoms with E-state index in [1.54, 1.807) is 0 Å². The zero-order valence-corrected chi connectivity index (χ0v) is 23.0. The van der Waals surface area contributed by atoms with Crippen LogP contribution in [-0.2, 0) is 14.0 Å². The van der Waals surface area contributed by atoms with Gasteiger partial charge in [0.05, 0.1) is 6.20 Å². The lowest BCUT2D eigenvalue weighted by molar-refractivity contribution is -0.0394. The molecule has 3 fully saturated rings. The molecule has 6 rings (SSSR count). The minimum absolute atomic E-state index is 0.00174. The molecule has 1 aromatic heterocycles. The Bertz CT molecular complexity index is 1310. The van der Waals surface area contributed by atoms with Gasteiger partial charge in [0.15, 0.2) is 0 Å². The lowest BCUT2D eigenvalue weighted by atomic mass is 9.59. The van der Waals surface area contributed by atoms with Gasteiger partial charge in [0.1, 0.15) is 12.5 Å². The highest BCUT2D eigenvalue weighted by atomic mass is 16.6. The third kappa shape index (κ3) is 5.67. The SMILES string of the molecule is CC1(C)COB(/C(=C(\c2ccc(C=O)cc2)c2ccc(-c3cnn(C4CCCCO4)c3)cc2)C2CCC2)OC1. The molecule has 202 valence electrons. The second kappa shape index (κ2) is 11.2. The van der Waals surface area contributed by atoms with Crippen molar-refractivity contribution in [1.82, 2.24) is 9.78 Å². The Labute approximate surface area is 231 Å². The van der Waals surface area contributed by atoms with Crippen LogP contribution in [0.4, 0.5) is 0 Å². The van der Waals surface area contributed by atoms with Crippen molar-refractivity contribution in [1.29, 1.82) is 0 Å². The Morgan fingerprint density at radius 2 is 1.62 bits per heavy atom. The first kappa shape index (κ1) is 26.2. The Balaban J connectivity index is 1.37. The molecule has 1 aliphatic carbocycles. The smallest absolute Gasteiger partial charge is 0.407 e. The van der Waals surface area contributed by atoms with Gasteiger partial charge in [-0.2, -0.15) is 5.10 Å². The highest BCUT2D eigenvalue weighted by molar-refractivity contribution is 6.56. The number of carbonyl (C=O) groups is 1. The number of rotatable bonds is 7. The van der Waals surface area contributed by atoms with Crippen LogP contribution < -0.4 is 0 Å². The van der Waals surface area contributed by atoms with Gasteiger partial charge in [-0.05, 0) is 65.8 Å². The summed E-state index contributed by atoms with van der Waals surface area (Å²) in [6, 6.07) is 16.6. The Morgan fingerprint density at radius 3 is 2.21 bits per heavy atom. The van der Waals surface area contributed by atoms with E-state index in [0.717, 1.165) is 66.4 Å². The summed E-state index contributed by atoms with van der Waals surface area (Å²) in [4.78, 5) is 11.4. The summed E-state index contributed by atoms with van der Waals surface area (Å²) in [5.74, 6) is 0.422. The van der Waals surface area contributed by atoms with Gasteiger partial charge in [-0.3, -0.25) is 4.79 Å². The van der Waals surface area contributed by atoms with Crippen LogP contribution in [-0.4, -0.2) is 43.0 Å². The van der Waals surface area contributed by atoms with Crippen LogP contribution >= 0.6 is 0 Å². The van der Waals surface area contributed by atoms with Crippen molar-refractivity contribution in [2.24, 2.45) is 11.3 Å². The number of carbonyl (C=O) groups excluding carboxylic acids is 1. The molecule has 0 N–H and O–H groups in total. The molecule has 7 heteroatoms. The van der Waals surface area contributed by atoms with E-state index in [4.69, 9.17) is 14.0 Å². The van der Waals surface area contributed by atoms with Crippen molar-refractivity contribution in [3.8, 4) is 11.1 Å². The van der Waals surface area contributed by atoms with Gasteiger partial charge >= 0.3 is 7.12 Å². The van der Waals surface area contributed by atoms with Crippen molar-refractivity contribution < 1.29 is 18.8 Å². The summed E-state index contributed by atoms with van der Waals surface area (Å²) < 4.78 is 20.6. The van der Waals surface area contributed by atoms with Crippen LogP contribution in [0.25, 0.3) is 16.7 Å². The van der Waals surface area contributed by atoms with E-state index in [0.29, 0.717) is 24.7 Å². The van der Waals surface area contributed by atoms with Crippen molar-refractivity contribution in [3.05, 3.63) is 83.1 Å². The van der Waals surface area contributed by atoms with Gasteiger partial charge in [0, 0.05) is 42.6 Å². The molecular weight excluding hydrogens is 487 g/mol. The summed E-state index contributed by atoms with van der Waals surface area (Å²) in [6.07, 6.45) is 11.7. The molecule has 1 atom stereocenters. The highest BCUT2D eigenvalue weighted by Gasteiger charge is 2.41. The van der Waals surface area contributed by atoms with E-state index in [1.165, 1.54) is 18.3 Å². The van der Waals surface area contributed by atoms with E-state index in [-0.39, 0.29) is 18.8 Å². The molecule has 0 amide bonds. The summed E-state index contributed by atoms with van der Waals surface area (Å²) in [5, 5.41) is 4.60. The van der Waals surface area contributed by atoms with Crippen LogP contribution in [0.15, 0.2) is 66.4 Å². The third-order valence-corrected chi connectivity index (χ3v) is 8.23. The number of aromatic nitrogens is 2. The van der Waals surface area contributed by atoms with Gasteiger partial charge < -0.3 is 14.0 Å². The van der Waals surface area contributed by atoms with Gasteiger partial charge in [-0.1, -0.05) is 68.8 Å². The minimum Gasteiger partial charge on any atom is -0.407 e. The predicted octanol–water partition coefficient (Wildman–Crippen LogP) is 6.76. The number of hydrogen-bond acceptors (Lipinski definition) is 5. The number of aldehydes is 1. The van der Waals surface area contributed by atoms with Gasteiger partial charge in [0.2, 0.25) is 0 Å². The highest BCUT2D eigenvalue weighted by Crippen LogP contribution is 2.43. The molecular formula is C32H37BN2O4. The number of ether oxygens (including phenoxy) is 1. The van der Waals surface area contributed by atoms with E-state index >= 15 is 0 Å². The maximum absolute atomic E-state index is 11.4. The Hall–Kier alpha value is -3.00. The van der Waals surface area contributed by atoms with Crippen LogP contribution in [0.2, 0.25) is 0 Å². The van der Waals surface area contributed by atoms with Crippen LogP contribution in [0.1, 0.15) is 80.1 Å². The molecule has 0 bridgehead atoms. The van der Waals surface area contributed by atoms with E-state index in [2.05, 4.69) is 49.4 Å². The molecule has 0 radical (unpaired) electrons. The molecule has 3 aromatic rings. The zero-order valence-electron chi connectivity index (χ0n) is 23.0. The zero-order chi connectivity index (χ0) is 26.8. The largest absolute Gasteiger partial charge is 0.490 e. The normalized spacial score (nSPS) is 22.2. The quantitative estimate of drug-likeness (QED) is 0.252. The average molecular weight is 524 g/mol. The fraction of sp³-hybridized carbons (Fsp3) is 0.438. The van der Waals surface area contributed by atoms with E-state index < -0.39 is 0 Å². The first-order valence-electron chi connectivity index (χ1n) is 14.3. The molecule has 2 aromatic carbocycles. The number of nitrogens with zero attached hydrogens (tertiary/aromatic N) is 2. The first-order chi connectivity index (χ1) is 19.0. The van der Waals surface area contributed by atoms with E-state index in [9.17, 15) is 4.79 Å². The van der Waals surface area contributed by atoms with Crippen LogP contribution in [0, 0.1) is 11.3 Å². The number of allylic oxidation sites excluding steroid dienone is 1. The van der Waals surface area contributed by atoms with Crippen molar-refractivity contribution in [2.45, 2.75) is 58.6 Å². The maximum atomic E-state index is 11.4. The molecule has 0 spiro atoms. The lowest BCUT2D eigenvalue weighted by Crippen LogP contribution is -2.44. The molecule has 39 heavy (non-hydrogen) atoms. The van der Waals surface area contributed by atoms with Crippen LogP contribution in [0.3, 0.4) is 0 Å². The summed E-state index contributed by atoms with van der Waals surface area (Å²) in [6.45, 7) is 6.48. The summed E-state index contributed by atoms with van der Waals surface area (Å²) in [7, 11) is -0.363. The molecule has 2 saturated heterocycles. The monoisotopic (exact) mass is 524 g/mol. The predicted molar refractivity (Wildman–Crippen MR) is 153 cm³/mol. The molecule has 2 aliphatic heterocycles. The second-order valence-electron chi connectivity index (χ2n) is 11.9. The second-order valence-corrected chi connectivity index (χ2v) is 11.9. The molecule has 1 unspecified atom stereocenters. The Kier molecular flexibility index (Phi) is 7.56. The van der Waals surface area contributed by atoms with Gasteiger partial charge in [0.25, 0.3) is 0 Å². The Morgan fingerprint density at radius 1 is 0.923 bits per heavy atom. The number of benzene rings is 2. The van der Waals surface area contributed by atoms with Crippen molar-refractivity contribution >= 4 is 19.0 Å². The fourth-order valence-electron chi connectivity index (χ4n) is 5.74. The third-order valence-electron chi connectivity index (χ3n) is 8.23. The number of hydrogen-bond donors (Lipinski definition) is 0. The topological polar surface area (TPSA) is 62.6 Å². The average Bonchev–Trinajstić information content (AvgIpc) is 3.44.